The van der Waals surface area contributed by atoms with Crippen LogP contribution in [0.5, 0.6) is 0 Å². The molecular formula is C31H16BNOS. The van der Waals surface area contributed by atoms with Gasteiger partial charge in [0.15, 0.2) is 0 Å². The van der Waals surface area contributed by atoms with Crippen LogP contribution in [0.3, 0.4) is 0 Å². The number of furan rings is 1. The molecule has 0 fully saturated rings. The first-order valence-electron chi connectivity index (χ1n) is 12.2. The maximum absolute atomic E-state index is 6.33. The van der Waals surface area contributed by atoms with Crippen LogP contribution in [-0.2, 0) is 6.42 Å². The van der Waals surface area contributed by atoms with E-state index in [-0.39, 0.29) is 0 Å². The van der Waals surface area contributed by atoms with Gasteiger partial charge < -0.3 is 8.98 Å². The van der Waals surface area contributed by atoms with Crippen LogP contribution in [-0.4, -0.2) is 11.3 Å². The molecule has 0 spiro atoms. The molecule has 10 rings (SSSR count). The maximum atomic E-state index is 6.33. The zero-order chi connectivity index (χ0) is 22.4. The minimum Gasteiger partial charge on any atom is -0.456 e. The molecule has 3 aliphatic heterocycles. The Labute approximate surface area is 205 Å². The van der Waals surface area contributed by atoms with Gasteiger partial charge in [-0.25, -0.2) is 0 Å². The van der Waals surface area contributed by atoms with Crippen LogP contribution in [0.1, 0.15) is 11.1 Å². The topological polar surface area (TPSA) is 18.1 Å². The van der Waals surface area contributed by atoms with Crippen molar-refractivity contribution < 1.29 is 4.42 Å². The van der Waals surface area contributed by atoms with Gasteiger partial charge in [-0.05, 0) is 58.8 Å². The number of fused-ring (bicyclic) bond motifs is 7. The molecule has 0 unspecified atom stereocenters. The summed E-state index contributed by atoms with van der Waals surface area (Å²) in [4.78, 5) is 2.81. The van der Waals surface area contributed by atoms with Crippen molar-refractivity contribution >= 4 is 78.6 Å². The molecule has 0 saturated carbocycles. The first kappa shape index (κ1) is 17.5. The average molecular weight is 461 g/mol. The minimum atomic E-state index is 0.321. The number of para-hydroxylation sites is 1. The van der Waals surface area contributed by atoms with Gasteiger partial charge in [-0.1, -0.05) is 65.8 Å². The molecule has 0 amide bonds. The van der Waals surface area contributed by atoms with Gasteiger partial charge in [-0.2, -0.15) is 0 Å². The molecule has 160 valence electrons. The molecule has 2 aromatic heterocycles. The summed E-state index contributed by atoms with van der Waals surface area (Å²) < 4.78 is 8.86. The number of rotatable bonds is 0. The lowest BCUT2D eigenvalue weighted by Crippen LogP contribution is -2.62. The summed E-state index contributed by atoms with van der Waals surface area (Å²) in [6.45, 7) is 0.321. The van der Waals surface area contributed by atoms with Crippen molar-refractivity contribution in [1.82, 2.24) is 4.57 Å². The molecule has 0 atom stereocenters. The van der Waals surface area contributed by atoms with Crippen molar-refractivity contribution in [3.8, 4) is 5.69 Å². The first-order valence-corrected chi connectivity index (χ1v) is 13.0. The summed E-state index contributed by atoms with van der Waals surface area (Å²) in [5, 5.41) is 5.04. The standard InChI is InChI=1S/C31H16BNOS/c1-2-8-24-18(6-1)21-14-20-19-12-11-17-13-16-5-3-9-26-28(16)32-29(17)31(19)33(23(20)15-25(21)34-24)22-7-4-10-27(35-26)30(22)32/h1-12,14-15H,13H2. The second-order valence-corrected chi connectivity index (χ2v) is 11.1. The summed E-state index contributed by atoms with van der Waals surface area (Å²) in [7, 11) is 0. The number of nitrogens with zero attached hydrogens (tertiary/aromatic N) is 1. The Bertz CT molecular complexity index is 2120. The third kappa shape index (κ3) is 1.89. The Hall–Kier alpha value is -3.89. The highest BCUT2D eigenvalue weighted by Gasteiger charge is 2.43. The highest BCUT2D eigenvalue weighted by atomic mass is 32.2. The van der Waals surface area contributed by atoms with Crippen LogP contribution < -0.4 is 16.4 Å². The summed E-state index contributed by atoms with van der Waals surface area (Å²) in [5.74, 6) is 0. The van der Waals surface area contributed by atoms with E-state index in [4.69, 9.17) is 4.42 Å². The Morgan fingerprint density at radius 3 is 2.49 bits per heavy atom. The van der Waals surface area contributed by atoms with E-state index in [0.29, 0.717) is 6.71 Å². The Morgan fingerprint density at radius 1 is 0.657 bits per heavy atom. The highest BCUT2D eigenvalue weighted by molar-refractivity contribution is 8.00. The average Bonchev–Trinajstić information content (AvgIpc) is 3.42. The van der Waals surface area contributed by atoms with E-state index in [0.717, 1.165) is 17.6 Å². The van der Waals surface area contributed by atoms with Crippen LogP contribution in [0.2, 0.25) is 0 Å². The lowest BCUT2D eigenvalue weighted by molar-refractivity contribution is 0.669. The molecule has 7 aromatic rings. The Morgan fingerprint density at radius 2 is 1.51 bits per heavy atom. The zero-order valence-corrected chi connectivity index (χ0v) is 19.4. The zero-order valence-electron chi connectivity index (χ0n) is 18.6. The van der Waals surface area contributed by atoms with E-state index in [1.54, 1.807) is 0 Å². The molecule has 4 heteroatoms. The van der Waals surface area contributed by atoms with E-state index < -0.39 is 0 Å². The maximum Gasteiger partial charge on any atom is 0.250 e. The van der Waals surface area contributed by atoms with Crippen LogP contribution in [0.25, 0.3) is 49.4 Å². The van der Waals surface area contributed by atoms with E-state index in [1.807, 2.05) is 17.8 Å². The van der Waals surface area contributed by atoms with Crippen molar-refractivity contribution in [3.05, 3.63) is 96.1 Å². The fourth-order valence-corrected chi connectivity index (χ4v) is 8.36. The van der Waals surface area contributed by atoms with Gasteiger partial charge in [0.05, 0.1) is 5.52 Å². The monoisotopic (exact) mass is 461 g/mol. The van der Waals surface area contributed by atoms with Gasteiger partial charge in [-0.15, -0.1) is 0 Å². The van der Waals surface area contributed by atoms with Crippen molar-refractivity contribution in [2.75, 3.05) is 0 Å². The van der Waals surface area contributed by atoms with Gasteiger partial charge >= 0.3 is 0 Å². The predicted molar refractivity (Wildman–Crippen MR) is 146 cm³/mol. The van der Waals surface area contributed by atoms with E-state index >= 15 is 0 Å². The number of hydrogen-bond donors (Lipinski definition) is 0. The quantitative estimate of drug-likeness (QED) is 0.263. The number of benzene rings is 5. The molecule has 5 heterocycles. The van der Waals surface area contributed by atoms with Crippen LogP contribution in [0.15, 0.2) is 99.1 Å². The Kier molecular flexibility index (Phi) is 2.84. The van der Waals surface area contributed by atoms with Crippen LogP contribution >= 0.6 is 11.8 Å². The summed E-state index contributed by atoms with van der Waals surface area (Å²) in [5.41, 5.74) is 13.3. The third-order valence-electron chi connectivity index (χ3n) is 8.46. The lowest BCUT2D eigenvalue weighted by atomic mass is 9.32. The lowest BCUT2D eigenvalue weighted by Gasteiger charge is -2.38. The summed E-state index contributed by atoms with van der Waals surface area (Å²) in [6.07, 6.45) is 1.01. The van der Waals surface area contributed by atoms with Crippen LogP contribution in [0, 0.1) is 0 Å². The van der Waals surface area contributed by atoms with Crippen molar-refractivity contribution in [2.24, 2.45) is 0 Å². The van der Waals surface area contributed by atoms with E-state index in [2.05, 4.69) is 83.4 Å². The summed E-state index contributed by atoms with van der Waals surface area (Å²) in [6, 6.07) is 31.5. The first-order chi connectivity index (χ1) is 17.3. The smallest absolute Gasteiger partial charge is 0.250 e. The molecule has 0 N–H and O–H groups in total. The molecule has 0 bridgehead atoms. The second kappa shape index (κ2) is 5.67. The largest absolute Gasteiger partial charge is 0.456 e. The van der Waals surface area contributed by atoms with Gasteiger partial charge in [0, 0.05) is 48.6 Å². The molecule has 0 radical (unpaired) electrons. The van der Waals surface area contributed by atoms with Gasteiger partial charge in [0.2, 0.25) is 6.71 Å². The minimum absolute atomic E-state index is 0.321. The molecule has 5 aromatic carbocycles. The predicted octanol–water partition coefficient (Wildman–Crippen LogP) is 5.88. The van der Waals surface area contributed by atoms with Gasteiger partial charge in [0.1, 0.15) is 11.2 Å². The van der Waals surface area contributed by atoms with Crippen molar-refractivity contribution in [2.45, 2.75) is 16.2 Å². The van der Waals surface area contributed by atoms with Crippen LogP contribution in [0.4, 0.5) is 0 Å². The third-order valence-corrected chi connectivity index (χ3v) is 9.62. The molecule has 35 heavy (non-hydrogen) atoms. The number of hydrogen-bond acceptors (Lipinski definition) is 2. The molecule has 0 saturated heterocycles. The number of aromatic nitrogens is 1. The van der Waals surface area contributed by atoms with E-state index in [1.165, 1.54) is 75.6 Å². The van der Waals surface area contributed by atoms with Gasteiger partial charge in [-0.3, -0.25) is 0 Å². The Balaban J connectivity index is 1.46. The highest BCUT2D eigenvalue weighted by Crippen LogP contribution is 2.42. The molecule has 2 nitrogen and oxygen atoms in total. The fourth-order valence-electron chi connectivity index (χ4n) is 7.14. The summed E-state index contributed by atoms with van der Waals surface area (Å²) >= 11 is 1.94. The normalized spacial score (nSPS) is 14.6. The fraction of sp³-hybridized carbons (Fsp3) is 0.0323. The van der Waals surface area contributed by atoms with Gasteiger partial charge in [0.25, 0.3) is 0 Å². The SMILES string of the molecule is c1cc2c3c(c1)Sc1cccc4c1B3c1c(ccc3c5cc6c(cc5n-4c13)oc1ccccc16)C2. The van der Waals surface area contributed by atoms with Crippen molar-refractivity contribution in [1.29, 1.82) is 0 Å². The van der Waals surface area contributed by atoms with Crippen molar-refractivity contribution in [3.63, 3.8) is 0 Å². The molecular weight excluding hydrogens is 445 g/mol. The van der Waals surface area contributed by atoms with E-state index in [9.17, 15) is 0 Å². The second-order valence-electron chi connectivity index (χ2n) is 10.1. The molecule has 0 aliphatic carbocycles. The molecule has 3 aliphatic rings.